The maximum Gasteiger partial charge on any atom is 0.135 e. The van der Waals surface area contributed by atoms with Crippen molar-refractivity contribution in [3.8, 4) is 0 Å². The van der Waals surface area contributed by atoms with Crippen LogP contribution in [0.3, 0.4) is 0 Å². The zero-order valence-corrected chi connectivity index (χ0v) is 15.1. The van der Waals surface area contributed by atoms with Crippen LogP contribution >= 0.6 is 0 Å². The molecule has 0 aliphatic heterocycles. The second-order valence-electron chi connectivity index (χ2n) is 6.79. The van der Waals surface area contributed by atoms with Crippen molar-refractivity contribution >= 4 is 5.78 Å². The maximum absolute atomic E-state index is 11.5. The van der Waals surface area contributed by atoms with Gasteiger partial charge < -0.3 is 15.9 Å². The lowest BCUT2D eigenvalue weighted by molar-refractivity contribution is -0.122. The van der Waals surface area contributed by atoms with Gasteiger partial charge in [0.25, 0.3) is 0 Å². The average molecular weight is 330 g/mol. The molecule has 138 valence electrons. The third kappa shape index (κ3) is 16.2. The summed E-state index contributed by atoms with van der Waals surface area (Å²) in [5, 5.41) is 18.2. The molecule has 4 nitrogen and oxygen atoms in total. The fraction of sp³-hybridized carbons (Fsp3) is 0.947. The number of ketones is 1. The number of rotatable bonds is 17. The number of carbonyl (C=O) groups excluding carboxylic acids is 1. The van der Waals surface area contributed by atoms with E-state index in [-0.39, 0.29) is 12.2 Å². The minimum atomic E-state index is -1.31. The molecule has 0 saturated heterocycles. The van der Waals surface area contributed by atoms with Gasteiger partial charge >= 0.3 is 0 Å². The van der Waals surface area contributed by atoms with Crippen LogP contribution in [0.5, 0.6) is 0 Å². The zero-order chi connectivity index (χ0) is 17.3. The Morgan fingerprint density at radius 1 is 0.783 bits per heavy atom. The number of aliphatic hydroxyl groups is 2. The quantitative estimate of drug-likeness (QED) is 0.277. The number of unbranched alkanes of at least 4 members (excludes halogenated alkanes) is 12. The molecule has 4 N–H and O–H groups in total. The summed E-state index contributed by atoms with van der Waals surface area (Å²) in [5.41, 5.74) is 5.11. The molecule has 0 fully saturated rings. The molecule has 0 aliphatic rings. The minimum absolute atomic E-state index is 0.00919. The van der Waals surface area contributed by atoms with Gasteiger partial charge in [-0.3, -0.25) is 4.79 Å². The summed E-state index contributed by atoms with van der Waals surface area (Å²) in [7, 11) is 0. The first kappa shape index (κ1) is 22.6. The van der Waals surface area contributed by atoms with E-state index in [9.17, 15) is 9.90 Å². The molecule has 0 amide bonds. The lowest BCUT2D eigenvalue weighted by Gasteiger charge is -2.12. The topological polar surface area (TPSA) is 83.5 Å². The first-order chi connectivity index (χ1) is 11.1. The number of hydrogen-bond donors (Lipinski definition) is 3. The van der Waals surface area contributed by atoms with E-state index in [2.05, 4.69) is 6.92 Å². The Hall–Kier alpha value is -0.450. The molecule has 0 spiro atoms. The van der Waals surface area contributed by atoms with Gasteiger partial charge in [-0.15, -0.1) is 0 Å². The average Bonchev–Trinajstić information content (AvgIpc) is 2.51. The minimum Gasteiger partial charge on any atom is -0.389 e. The Morgan fingerprint density at radius 2 is 1.17 bits per heavy atom. The number of Topliss-reactive ketones (excluding diaryl/α,β-unsaturated/α-hetero) is 1. The molecule has 0 saturated carbocycles. The number of aliphatic hydroxyl groups excluding tert-OH is 2. The summed E-state index contributed by atoms with van der Waals surface area (Å²) in [6, 6.07) is 0. The van der Waals surface area contributed by atoms with Crippen LogP contribution in [-0.2, 0) is 4.79 Å². The van der Waals surface area contributed by atoms with Crippen LogP contribution in [0, 0.1) is 0 Å². The van der Waals surface area contributed by atoms with E-state index in [4.69, 9.17) is 10.8 Å². The summed E-state index contributed by atoms with van der Waals surface area (Å²) in [6.07, 6.45) is 14.7. The molecule has 0 aromatic heterocycles. The first-order valence-electron chi connectivity index (χ1n) is 9.71. The van der Waals surface area contributed by atoms with Gasteiger partial charge in [-0.05, 0) is 6.42 Å². The molecular formula is C19H39NO3. The number of carbonyl (C=O) groups is 1. The van der Waals surface area contributed by atoms with Crippen LogP contribution in [0.25, 0.3) is 0 Å². The Kier molecular flexibility index (Phi) is 16.1. The standard InChI is InChI=1S/C19H39NO3/c1-2-3-4-5-6-7-8-9-10-11-12-13-14-15-17(21)16-18(22)19(20)23/h18-19,22-23H,2-16,20H2,1H3. The summed E-state index contributed by atoms with van der Waals surface area (Å²) in [5.74, 6) is -0.00919. The molecule has 0 radical (unpaired) electrons. The van der Waals surface area contributed by atoms with E-state index in [1.54, 1.807) is 0 Å². The van der Waals surface area contributed by atoms with E-state index >= 15 is 0 Å². The van der Waals surface area contributed by atoms with Crippen LogP contribution in [0.2, 0.25) is 0 Å². The fourth-order valence-electron chi connectivity index (χ4n) is 2.80. The molecule has 0 aromatic rings. The van der Waals surface area contributed by atoms with Gasteiger partial charge in [0.15, 0.2) is 0 Å². The third-order valence-corrected chi connectivity index (χ3v) is 4.39. The molecule has 2 atom stereocenters. The third-order valence-electron chi connectivity index (χ3n) is 4.39. The Labute approximate surface area is 142 Å². The fourth-order valence-corrected chi connectivity index (χ4v) is 2.80. The van der Waals surface area contributed by atoms with E-state index in [0.717, 1.165) is 12.8 Å². The predicted molar refractivity (Wildman–Crippen MR) is 96.1 cm³/mol. The first-order valence-corrected chi connectivity index (χ1v) is 9.71. The van der Waals surface area contributed by atoms with Crippen molar-refractivity contribution in [2.24, 2.45) is 5.73 Å². The summed E-state index contributed by atoms with van der Waals surface area (Å²) < 4.78 is 0. The van der Waals surface area contributed by atoms with Crippen molar-refractivity contribution in [1.82, 2.24) is 0 Å². The van der Waals surface area contributed by atoms with Crippen LogP contribution < -0.4 is 5.73 Å². The number of nitrogens with two attached hydrogens (primary N) is 1. The zero-order valence-electron chi connectivity index (χ0n) is 15.1. The second kappa shape index (κ2) is 16.4. The van der Waals surface area contributed by atoms with Crippen molar-refractivity contribution in [2.75, 3.05) is 0 Å². The highest BCUT2D eigenvalue weighted by Gasteiger charge is 2.15. The SMILES string of the molecule is CCCCCCCCCCCCCCCC(=O)CC(O)C(N)O. The molecule has 23 heavy (non-hydrogen) atoms. The van der Waals surface area contributed by atoms with Crippen LogP contribution in [0.15, 0.2) is 0 Å². The highest BCUT2D eigenvalue weighted by molar-refractivity contribution is 5.78. The molecule has 0 bridgehead atoms. The lowest BCUT2D eigenvalue weighted by atomic mass is 10.0. The van der Waals surface area contributed by atoms with Crippen LogP contribution in [-0.4, -0.2) is 28.3 Å². The maximum atomic E-state index is 11.5. The smallest absolute Gasteiger partial charge is 0.135 e. The van der Waals surface area contributed by atoms with Gasteiger partial charge in [0, 0.05) is 12.8 Å². The van der Waals surface area contributed by atoms with Crippen LogP contribution in [0.1, 0.15) is 103 Å². The molecule has 0 rings (SSSR count). The van der Waals surface area contributed by atoms with E-state index in [1.165, 1.54) is 70.6 Å². The van der Waals surface area contributed by atoms with E-state index in [0.29, 0.717) is 6.42 Å². The Balaban J connectivity index is 3.20. The Bertz CT molecular complexity index is 269. The normalized spacial score (nSPS) is 13.9. The molecule has 0 heterocycles. The molecule has 0 aliphatic carbocycles. The highest BCUT2D eigenvalue weighted by Crippen LogP contribution is 2.13. The van der Waals surface area contributed by atoms with Gasteiger partial charge in [0.05, 0.1) is 6.10 Å². The Morgan fingerprint density at radius 3 is 1.57 bits per heavy atom. The summed E-state index contributed by atoms with van der Waals surface area (Å²) >= 11 is 0. The predicted octanol–water partition coefficient (Wildman–Crippen LogP) is 4.06. The highest BCUT2D eigenvalue weighted by atomic mass is 16.3. The molecule has 4 heteroatoms. The molecular weight excluding hydrogens is 290 g/mol. The van der Waals surface area contributed by atoms with E-state index < -0.39 is 12.3 Å². The monoisotopic (exact) mass is 329 g/mol. The molecule has 0 aromatic carbocycles. The van der Waals surface area contributed by atoms with Crippen molar-refractivity contribution in [3.63, 3.8) is 0 Å². The second-order valence-corrected chi connectivity index (χ2v) is 6.79. The van der Waals surface area contributed by atoms with Gasteiger partial charge in [-0.25, -0.2) is 0 Å². The van der Waals surface area contributed by atoms with Crippen molar-refractivity contribution in [1.29, 1.82) is 0 Å². The largest absolute Gasteiger partial charge is 0.389 e. The van der Waals surface area contributed by atoms with Gasteiger partial charge in [0.1, 0.15) is 12.0 Å². The summed E-state index contributed by atoms with van der Waals surface area (Å²) in [6.45, 7) is 2.25. The lowest BCUT2D eigenvalue weighted by Crippen LogP contribution is -2.35. The van der Waals surface area contributed by atoms with Crippen molar-refractivity contribution < 1.29 is 15.0 Å². The van der Waals surface area contributed by atoms with Crippen molar-refractivity contribution in [3.05, 3.63) is 0 Å². The number of hydrogen-bond acceptors (Lipinski definition) is 4. The van der Waals surface area contributed by atoms with E-state index in [1.807, 2.05) is 0 Å². The van der Waals surface area contributed by atoms with Crippen LogP contribution in [0.4, 0.5) is 0 Å². The van der Waals surface area contributed by atoms with Crippen molar-refractivity contribution in [2.45, 2.75) is 116 Å². The summed E-state index contributed by atoms with van der Waals surface area (Å²) in [4.78, 5) is 11.5. The van der Waals surface area contributed by atoms with Gasteiger partial charge in [-0.2, -0.15) is 0 Å². The van der Waals surface area contributed by atoms with Gasteiger partial charge in [-0.1, -0.05) is 84.0 Å². The molecule has 2 unspecified atom stereocenters. The van der Waals surface area contributed by atoms with Gasteiger partial charge in [0.2, 0.25) is 0 Å².